The molecule has 96 valence electrons. The van der Waals surface area contributed by atoms with Gasteiger partial charge in [-0.3, -0.25) is 4.98 Å². The fourth-order valence-electron chi connectivity index (χ4n) is 2.39. The van der Waals surface area contributed by atoms with E-state index in [1.807, 2.05) is 24.3 Å². The molecule has 3 aromatic heterocycles. The Morgan fingerprint density at radius 2 is 2.05 bits per heavy atom. The summed E-state index contributed by atoms with van der Waals surface area (Å²) in [5, 5.41) is 10.00. The predicted octanol–water partition coefficient (Wildman–Crippen LogP) is 3.36. The largest absolute Gasteiger partial charge is 0.389 e. The SMILES string of the molecule is Cc1ccc2cc(C(C)O)c(-c3ccccn3)n2c1. The van der Waals surface area contributed by atoms with Crippen LogP contribution in [0.15, 0.2) is 48.8 Å². The highest BCUT2D eigenvalue weighted by Gasteiger charge is 2.16. The molecule has 0 fully saturated rings. The monoisotopic (exact) mass is 252 g/mol. The lowest BCUT2D eigenvalue weighted by Crippen LogP contribution is -1.96. The van der Waals surface area contributed by atoms with Crippen molar-refractivity contribution in [3.05, 3.63) is 59.9 Å². The average Bonchev–Trinajstić information content (AvgIpc) is 2.78. The minimum atomic E-state index is -0.516. The Bertz CT molecular complexity index is 714. The van der Waals surface area contributed by atoms with E-state index in [9.17, 15) is 5.11 Å². The Morgan fingerprint density at radius 3 is 2.74 bits per heavy atom. The fraction of sp³-hybridized carbons (Fsp3) is 0.188. The number of hydrogen-bond donors (Lipinski definition) is 1. The number of aromatic nitrogens is 2. The van der Waals surface area contributed by atoms with Crippen molar-refractivity contribution in [3.8, 4) is 11.4 Å². The highest BCUT2D eigenvalue weighted by atomic mass is 16.3. The van der Waals surface area contributed by atoms with Crippen LogP contribution in [0.4, 0.5) is 0 Å². The van der Waals surface area contributed by atoms with Gasteiger partial charge >= 0.3 is 0 Å². The lowest BCUT2D eigenvalue weighted by atomic mass is 10.1. The zero-order chi connectivity index (χ0) is 13.4. The van der Waals surface area contributed by atoms with Gasteiger partial charge in [-0.05, 0) is 43.7 Å². The molecular weight excluding hydrogens is 236 g/mol. The van der Waals surface area contributed by atoms with Gasteiger partial charge in [-0.2, -0.15) is 0 Å². The van der Waals surface area contributed by atoms with Gasteiger partial charge in [0.15, 0.2) is 0 Å². The molecule has 3 heteroatoms. The number of rotatable bonds is 2. The number of aryl methyl sites for hydroxylation is 1. The van der Waals surface area contributed by atoms with Gasteiger partial charge in [0, 0.05) is 23.5 Å². The van der Waals surface area contributed by atoms with Crippen molar-refractivity contribution < 1.29 is 5.11 Å². The predicted molar refractivity (Wildman–Crippen MR) is 76.0 cm³/mol. The van der Waals surface area contributed by atoms with Crippen molar-refractivity contribution in [2.24, 2.45) is 0 Å². The number of pyridine rings is 2. The van der Waals surface area contributed by atoms with E-state index in [2.05, 4.69) is 34.6 Å². The van der Waals surface area contributed by atoms with Crippen LogP contribution in [0.2, 0.25) is 0 Å². The van der Waals surface area contributed by atoms with Gasteiger partial charge in [-0.15, -0.1) is 0 Å². The Morgan fingerprint density at radius 1 is 1.21 bits per heavy atom. The summed E-state index contributed by atoms with van der Waals surface area (Å²) >= 11 is 0. The maximum Gasteiger partial charge on any atom is 0.0873 e. The second-order valence-electron chi connectivity index (χ2n) is 4.84. The summed E-state index contributed by atoms with van der Waals surface area (Å²) in [6.45, 7) is 3.84. The molecule has 0 saturated carbocycles. The van der Waals surface area contributed by atoms with E-state index in [0.717, 1.165) is 22.5 Å². The van der Waals surface area contributed by atoms with E-state index < -0.39 is 6.10 Å². The molecule has 0 spiro atoms. The van der Waals surface area contributed by atoms with Crippen LogP contribution in [-0.4, -0.2) is 14.5 Å². The number of fused-ring (bicyclic) bond motifs is 1. The summed E-state index contributed by atoms with van der Waals surface area (Å²) in [6, 6.07) is 12.0. The number of hydrogen-bond acceptors (Lipinski definition) is 2. The van der Waals surface area contributed by atoms with Crippen molar-refractivity contribution in [1.82, 2.24) is 9.38 Å². The van der Waals surface area contributed by atoms with Crippen molar-refractivity contribution in [1.29, 1.82) is 0 Å². The van der Waals surface area contributed by atoms with Gasteiger partial charge in [-0.1, -0.05) is 12.1 Å². The van der Waals surface area contributed by atoms with E-state index in [4.69, 9.17) is 0 Å². The molecule has 0 aliphatic carbocycles. The Labute approximate surface area is 112 Å². The summed E-state index contributed by atoms with van der Waals surface area (Å²) in [7, 11) is 0. The Kier molecular flexibility index (Phi) is 2.84. The van der Waals surface area contributed by atoms with E-state index in [0.29, 0.717) is 0 Å². The molecule has 0 saturated heterocycles. The molecule has 0 bridgehead atoms. The smallest absolute Gasteiger partial charge is 0.0873 e. The first-order valence-corrected chi connectivity index (χ1v) is 6.38. The summed E-state index contributed by atoms with van der Waals surface area (Å²) in [4.78, 5) is 4.41. The molecule has 3 rings (SSSR count). The number of aliphatic hydroxyl groups excluding tert-OH is 1. The van der Waals surface area contributed by atoms with Crippen molar-refractivity contribution in [3.63, 3.8) is 0 Å². The molecular formula is C16H16N2O. The Balaban J connectivity index is 2.36. The summed E-state index contributed by atoms with van der Waals surface area (Å²) in [6.07, 6.45) is 3.33. The van der Waals surface area contributed by atoms with Crippen molar-refractivity contribution in [2.45, 2.75) is 20.0 Å². The van der Waals surface area contributed by atoms with Gasteiger partial charge in [0.2, 0.25) is 0 Å². The normalized spacial score (nSPS) is 12.8. The fourth-order valence-corrected chi connectivity index (χ4v) is 2.39. The summed E-state index contributed by atoms with van der Waals surface area (Å²) in [5.41, 5.74) is 5.00. The zero-order valence-corrected chi connectivity index (χ0v) is 11.0. The van der Waals surface area contributed by atoms with Crippen LogP contribution in [0, 0.1) is 6.92 Å². The van der Waals surface area contributed by atoms with E-state index in [1.165, 1.54) is 5.56 Å². The van der Waals surface area contributed by atoms with Crippen LogP contribution in [0.5, 0.6) is 0 Å². The van der Waals surface area contributed by atoms with Crippen LogP contribution in [0.1, 0.15) is 24.2 Å². The van der Waals surface area contributed by atoms with Crippen LogP contribution in [0.3, 0.4) is 0 Å². The topological polar surface area (TPSA) is 37.5 Å². The Hall–Kier alpha value is -2.13. The molecule has 0 radical (unpaired) electrons. The quantitative estimate of drug-likeness (QED) is 0.759. The molecule has 1 atom stereocenters. The maximum atomic E-state index is 10.00. The van der Waals surface area contributed by atoms with Gasteiger partial charge in [0.05, 0.1) is 17.5 Å². The van der Waals surface area contributed by atoms with Crippen LogP contribution in [-0.2, 0) is 0 Å². The molecule has 0 aliphatic heterocycles. The highest BCUT2D eigenvalue weighted by Crippen LogP contribution is 2.30. The van der Waals surface area contributed by atoms with Crippen LogP contribution < -0.4 is 0 Å². The minimum Gasteiger partial charge on any atom is -0.389 e. The standard InChI is InChI=1S/C16H16N2O/c1-11-6-7-13-9-14(12(2)19)16(18(13)10-11)15-5-3-4-8-17-15/h3-10,12,19H,1-2H3. The van der Waals surface area contributed by atoms with Crippen LogP contribution in [0.25, 0.3) is 16.9 Å². The molecule has 0 amide bonds. The van der Waals surface area contributed by atoms with Gasteiger partial charge in [0.25, 0.3) is 0 Å². The van der Waals surface area contributed by atoms with Crippen molar-refractivity contribution >= 4 is 5.52 Å². The molecule has 1 N–H and O–H groups in total. The summed E-state index contributed by atoms with van der Waals surface area (Å²) in [5.74, 6) is 0. The van der Waals surface area contributed by atoms with Crippen LogP contribution >= 0.6 is 0 Å². The number of nitrogens with zero attached hydrogens (tertiary/aromatic N) is 2. The number of aliphatic hydroxyl groups is 1. The van der Waals surface area contributed by atoms with E-state index in [-0.39, 0.29) is 0 Å². The van der Waals surface area contributed by atoms with Crippen molar-refractivity contribution in [2.75, 3.05) is 0 Å². The molecule has 3 heterocycles. The van der Waals surface area contributed by atoms with Gasteiger partial charge < -0.3 is 9.51 Å². The molecule has 0 aromatic carbocycles. The molecule has 3 aromatic rings. The van der Waals surface area contributed by atoms with Gasteiger partial charge in [-0.25, -0.2) is 0 Å². The molecule has 0 aliphatic rings. The zero-order valence-electron chi connectivity index (χ0n) is 11.0. The average molecular weight is 252 g/mol. The first kappa shape index (κ1) is 11.9. The third kappa shape index (κ3) is 2.02. The molecule has 3 nitrogen and oxygen atoms in total. The highest BCUT2D eigenvalue weighted by molar-refractivity contribution is 5.70. The molecule has 1 unspecified atom stereocenters. The van der Waals surface area contributed by atoms with Gasteiger partial charge in [0.1, 0.15) is 0 Å². The maximum absolute atomic E-state index is 10.00. The van der Waals surface area contributed by atoms with E-state index >= 15 is 0 Å². The first-order chi connectivity index (χ1) is 9.16. The minimum absolute atomic E-state index is 0.516. The summed E-state index contributed by atoms with van der Waals surface area (Å²) < 4.78 is 2.10. The first-order valence-electron chi connectivity index (χ1n) is 6.38. The second-order valence-corrected chi connectivity index (χ2v) is 4.84. The third-order valence-electron chi connectivity index (χ3n) is 3.30. The molecule has 19 heavy (non-hydrogen) atoms. The lowest BCUT2D eigenvalue weighted by molar-refractivity contribution is 0.200. The van der Waals surface area contributed by atoms with E-state index in [1.54, 1.807) is 13.1 Å². The second kappa shape index (κ2) is 4.52. The third-order valence-corrected chi connectivity index (χ3v) is 3.30. The lowest BCUT2D eigenvalue weighted by Gasteiger charge is -2.08.